The van der Waals surface area contributed by atoms with E-state index in [4.69, 9.17) is 4.74 Å². The van der Waals surface area contributed by atoms with Crippen LogP contribution < -0.4 is 0 Å². The predicted octanol–water partition coefficient (Wildman–Crippen LogP) is 1.89. The van der Waals surface area contributed by atoms with Crippen LogP contribution in [0, 0.1) is 5.92 Å². The van der Waals surface area contributed by atoms with Crippen molar-refractivity contribution in [3.05, 3.63) is 35.9 Å². The molecule has 0 aromatic heterocycles. The maximum atomic E-state index is 11.6. The standard InChI is InChI=1S/C13H16O3/c1-13(15)7-11(8-13)12(14)16-9-10-5-3-2-4-6-10/h2-6,11,15H,7-9H2,1H3. The first kappa shape index (κ1) is 11.1. The Labute approximate surface area is 95.0 Å². The van der Waals surface area contributed by atoms with Gasteiger partial charge < -0.3 is 9.84 Å². The molecule has 3 nitrogen and oxygen atoms in total. The van der Waals surface area contributed by atoms with E-state index < -0.39 is 5.60 Å². The molecule has 0 bridgehead atoms. The number of benzene rings is 1. The first-order valence-corrected chi connectivity index (χ1v) is 5.50. The fraction of sp³-hybridized carbons (Fsp3) is 0.462. The molecule has 0 amide bonds. The van der Waals surface area contributed by atoms with Gasteiger partial charge in [0.1, 0.15) is 6.61 Å². The van der Waals surface area contributed by atoms with Gasteiger partial charge in [0.2, 0.25) is 0 Å². The van der Waals surface area contributed by atoms with Crippen molar-refractivity contribution in [2.75, 3.05) is 0 Å². The van der Waals surface area contributed by atoms with Crippen molar-refractivity contribution in [3.8, 4) is 0 Å². The number of hydrogen-bond donors (Lipinski definition) is 1. The lowest BCUT2D eigenvalue weighted by Crippen LogP contribution is -2.44. The van der Waals surface area contributed by atoms with E-state index in [-0.39, 0.29) is 11.9 Å². The van der Waals surface area contributed by atoms with E-state index in [0.717, 1.165) is 5.56 Å². The second kappa shape index (κ2) is 4.26. The van der Waals surface area contributed by atoms with Gasteiger partial charge in [0.05, 0.1) is 11.5 Å². The minimum absolute atomic E-state index is 0.126. The van der Waals surface area contributed by atoms with E-state index in [0.29, 0.717) is 19.4 Å². The summed E-state index contributed by atoms with van der Waals surface area (Å²) in [5.41, 5.74) is 0.318. The Bertz CT molecular complexity index is 362. The molecule has 86 valence electrons. The van der Waals surface area contributed by atoms with Crippen molar-refractivity contribution in [1.82, 2.24) is 0 Å². The van der Waals surface area contributed by atoms with Gasteiger partial charge in [-0.15, -0.1) is 0 Å². The van der Waals surface area contributed by atoms with Crippen LogP contribution in [0.3, 0.4) is 0 Å². The molecule has 2 rings (SSSR count). The molecule has 1 aromatic carbocycles. The number of rotatable bonds is 3. The fourth-order valence-electron chi connectivity index (χ4n) is 2.02. The normalized spacial score (nSPS) is 28.2. The smallest absolute Gasteiger partial charge is 0.309 e. The van der Waals surface area contributed by atoms with E-state index in [1.165, 1.54) is 0 Å². The zero-order valence-electron chi connectivity index (χ0n) is 9.35. The average Bonchev–Trinajstić information content (AvgIpc) is 2.24. The molecule has 3 heteroatoms. The van der Waals surface area contributed by atoms with Gasteiger partial charge in [0.25, 0.3) is 0 Å². The molecule has 0 saturated heterocycles. The van der Waals surface area contributed by atoms with Crippen LogP contribution in [0.15, 0.2) is 30.3 Å². The summed E-state index contributed by atoms with van der Waals surface area (Å²) >= 11 is 0. The van der Waals surface area contributed by atoms with E-state index in [1.54, 1.807) is 6.92 Å². The first-order valence-electron chi connectivity index (χ1n) is 5.50. The molecule has 0 aliphatic heterocycles. The topological polar surface area (TPSA) is 46.5 Å². The Balaban J connectivity index is 1.77. The number of carbonyl (C=O) groups is 1. The zero-order valence-corrected chi connectivity index (χ0v) is 9.35. The molecule has 1 saturated carbocycles. The number of ether oxygens (including phenoxy) is 1. The van der Waals surface area contributed by atoms with Crippen LogP contribution in [-0.2, 0) is 16.1 Å². The van der Waals surface area contributed by atoms with Crippen molar-refractivity contribution in [2.24, 2.45) is 5.92 Å². The van der Waals surface area contributed by atoms with E-state index in [2.05, 4.69) is 0 Å². The Hall–Kier alpha value is -1.35. The van der Waals surface area contributed by atoms with Crippen molar-refractivity contribution in [1.29, 1.82) is 0 Å². The summed E-state index contributed by atoms with van der Waals surface area (Å²) in [5.74, 6) is -0.325. The van der Waals surface area contributed by atoms with Crippen LogP contribution in [0.5, 0.6) is 0 Å². The molecule has 1 fully saturated rings. The van der Waals surface area contributed by atoms with Crippen LogP contribution >= 0.6 is 0 Å². The predicted molar refractivity (Wildman–Crippen MR) is 59.6 cm³/mol. The molecule has 0 heterocycles. The van der Waals surface area contributed by atoms with Gasteiger partial charge in [0, 0.05) is 0 Å². The monoisotopic (exact) mass is 220 g/mol. The second-order valence-corrected chi connectivity index (χ2v) is 4.70. The summed E-state index contributed by atoms with van der Waals surface area (Å²) in [5, 5.41) is 9.51. The maximum Gasteiger partial charge on any atom is 0.309 e. The number of esters is 1. The summed E-state index contributed by atoms with van der Waals surface area (Å²) in [4.78, 5) is 11.6. The highest BCUT2D eigenvalue weighted by Crippen LogP contribution is 2.37. The molecule has 0 unspecified atom stereocenters. The van der Waals surface area contributed by atoms with Gasteiger partial charge in [-0.1, -0.05) is 30.3 Å². The van der Waals surface area contributed by atoms with Gasteiger partial charge in [-0.05, 0) is 25.3 Å². The van der Waals surface area contributed by atoms with Crippen LogP contribution in [-0.4, -0.2) is 16.7 Å². The molecule has 1 aliphatic rings. The third kappa shape index (κ3) is 2.61. The maximum absolute atomic E-state index is 11.6. The molecular weight excluding hydrogens is 204 g/mol. The van der Waals surface area contributed by atoms with Gasteiger partial charge in [-0.25, -0.2) is 0 Å². The van der Waals surface area contributed by atoms with Crippen LogP contribution in [0.25, 0.3) is 0 Å². The third-order valence-corrected chi connectivity index (χ3v) is 2.93. The minimum atomic E-state index is -0.670. The Morgan fingerprint density at radius 2 is 2.06 bits per heavy atom. The number of hydrogen-bond acceptors (Lipinski definition) is 3. The van der Waals surface area contributed by atoms with Gasteiger partial charge in [-0.3, -0.25) is 4.79 Å². The quantitative estimate of drug-likeness (QED) is 0.791. The van der Waals surface area contributed by atoms with Crippen LogP contribution in [0.2, 0.25) is 0 Å². The molecule has 1 N–H and O–H groups in total. The highest BCUT2D eigenvalue weighted by atomic mass is 16.5. The Kier molecular flexibility index (Phi) is 2.97. The molecule has 1 aliphatic carbocycles. The van der Waals surface area contributed by atoms with Crippen molar-refractivity contribution >= 4 is 5.97 Å². The summed E-state index contributed by atoms with van der Waals surface area (Å²) in [7, 11) is 0. The summed E-state index contributed by atoms with van der Waals surface area (Å²) < 4.78 is 5.18. The van der Waals surface area contributed by atoms with Crippen molar-refractivity contribution in [3.63, 3.8) is 0 Å². The molecular formula is C13H16O3. The SMILES string of the molecule is CC1(O)CC(C(=O)OCc2ccccc2)C1. The third-order valence-electron chi connectivity index (χ3n) is 2.93. The molecule has 0 radical (unpaired) electrons. The first-order chi connectivity index (χ1) is 7.57. The summed E-state index contributed by atoms with van der Waals surface area (Å²) in [6, 6.07) is 9.59. The Morgan fingerprint density at radius 3 is 2.62 bits per heavy atom. The largest absolute Gasteiger partial charge is 0.461 e. The minimum Gasteiger partial charge on any atom is -0.461 e. The van der Waals surface area contributed by atoms with Crippen molar-refractivity contribution in [2.45, 2.75) is 32.0 Å². The molecule has 0 atom stereocenters. The number of carbonyl (C=O) groups excluding carboxylic acids is 1. The van der Waals surface area contributed by atoms with Gasteiger partial charge in [0.15, 0.2) is 0 Å². The molecule has 0 spiro atoms. The van der Waals surface area contributed by atoms with Crippen molar-refractivity contribution < 1.29 is 14.6 Å². The van der Waals surface area contributed by atoms with Gasteiger partial charge in [-0.2, -0.15) is 0 Å². The van der Waals surface area contributed by atoms with Crippen LogP contribution in [0.1, 0.15) is 25.3 Å². The zero-order chi connectivity index (χ0) is 11.6. The molecule has 1 aromatic rings. The summed E-state index contributed by atoms with van der Waals surface area (Å²) in [6.07, 6.45) is 1.03. The lowest BCUT2D eigenvalue weighted by Gasteiger charge is -2.39. The lowest BCUT2D eigenvalue weighted by molar-refractivity contribution is -0.164. The second-order valence-electron chi connectivity index (χ2n) is 4.70. The lowest BCUT2D eigenvalue weighted by atomic mass is 9.72. The number of aliphatic hydroxyl groups is 1. The van der Waals surface area contributed by atoms with E-state index in [1.807, 2.05) is 30.3 Å². The molecule has 16 heavy (non-hydrogen) atoms. The fourth-order valence-corrected chi connectivity index (χ4v) is 2.02. The van der Waals surface area contributed by atoms with Crippen LogP contribution in [0.4, 0.5) is 0 Å². The van der Waals surface area contributed by atoms with Gasteiger partial charge >= 0.3 is 5.97 Å². The highest BCUT2D eigenvalue weighted by Gasteiger charge is 2.43. The Morgan fingerprint density at radius 1 is 1.44 bits per heavy atom. The van der Waals surface area contributed by atoms with E-state index >= 15 is 0 Å². The highest BCUT2D eigenvalue weighted by molar-refractivity contribution is 5.74. The average molecular weight is 220 g/mol. The summed E-state index contributed by atoms with van der Waals surface area (Å²) in [6.45, 7) is 2.06. The van der Waals surface area contributed by atoms with E-state index in [9.17, 15) is 9.90 Å².